The van der Waals surface area contributed by atoms with Gasteiger partial charge >= 0.3 is 0 Å². The van der Waals surface area contributed by atoms with Crippen LogP contribution < -0.4 is 4.90 Å². The SMILES string of the molecule is Cc1c(C(=O)/C=C/c2ccc(N(C)C)cc2)cnn1C. The Bertz CT molecular complexity index is 636. The van der Waals surface area contributed by atoms with Gasteiger partial charge in [-0.3, -0.25) is 9.48 Å². The second-order valence-corrected chi connectivity index (χ2v) is 4.95. The first-order valence-corrected chi connectivity index (χ1v) is 6.47. The summed E-state index contributed by atoms with van der Waals surface area (Å²) in [5.41, 5.74) is 3.67. The van der Waals surface area contributed by atoms with E-state index in [-0.39, 0.29) is 5.78 Å². The van der Waals surface area contributed by atoms with E-state index in [0.29, 0.717) is 5.56 Å². The van der Waals surface area contributed by atoms with Crippen molar-refractivity contribution in [3.05, 3.63) is 53.4 Å². The quantitative estimate of drug-likeness (QED) is 0.632. The number of carbonyl (C=O) groups is 1. The van der Waals surface area contributed by atoms with Crippen molar-refractivity contribution < 1.29 is 4.79 Å². The van der Waals surface area contributed by atoms with E-state index in [1.165, 1.54) is 0 Å². The Morgan fingerprint density at radius 3 is 2.40 bits per heavy atom. The van der Waals surface area contributed by atoms with Crippen LogP contribution in [0.4, 0.5) is 5.69 Å². The molecule has 0 saturated heterocycles. The zero-order valence-corrected chi connectivity index (χ0v) is 12.3. The Balaban J connectivity index is 2.13. The fourth-order valence-electron chi connectivity index (χ4n) is 1.89. The third kappa shape index (κ3) is 2.96. The van der Waals surface area contributed by atoms with Crippen LogP contribution in [-0.2, 0) is 7.05 Å². The molecule has 104 valence electrons. The molecule has 0 amide bonds. The summed E-state index contributed by atoms with van der Waals surface area (Å²) in [7, 11) is 5.83. The molecule has 0 aliphatic heterocycles. The van der Waals surface area contributed by atoms with Crippen molar-refractivity contribution in [1.29, 1.82) is 0 Å². The minimum absolute atomic E-state index is 0.0210. The van der Waals surface area contributed by atoms with E-state index < -0.39 is 0 Å². The van der Waals surface area contributed by atoms with Gasteiger partial charge in [-0.25, -0.2) is 0 Å². The maximum Gasteiger partial charge on any atom is 0.189 e. The number of hydrogen-bond acceptors (Lipinski definition) is 3. The first kappa shape index (κ1) is 14.1. The molecule has 0 N–H and O–H groups in total. The molecule has 0 unspecified atom stereocenters. The summed E-state index contributed by atoms with van der Waals surface area (Å²) in [4.78, 5) is 14.1. The molecule has 2 rings (SSSR count). The Morgan fingerprint density at radius 2 is 1.90 bits per heavy atom. The highest BCUT2D eigenvalue weighted by atomic mass is 16.1. The maximum atomic E-state index is 12.1. The Labute approximate surface area is 119 Å². The van der Waals surface area contributed by atoms with Gasteiger partial charge in [-0.15, -0.1) is 0 Å². The van der Waals surface area contributed by atoms with E-state index in [1.54, 1.807) is 17.0 Å². The van der Waals surface area contributed by atoms with E-state index in [1.807, 2.05) is 63.3 Å². The van der Waals surface area contributed by atoms with Gasteiger partial charge in [0.1, 0.15) is 0 Å². The lowest BCUT2D eigenvalue weighted by molar-refractivity contribution is 0.104. The van der Waals surface area contributed by atoms with Gasteiger partial charge in [-0.05, 0) is 30.7 Å². The van der Waals surface area contributed by atoms with Crippen molar-refractivity contribution in [3.63, 3.8) is 0 Å². The van der Waals surface area contributed by atoms with Crippen molar-refractivity contribution in [2.45, 2.75) is 6.92 Å². The summed E-state index contributed by atoms with van der Waals surface area (Å²) in [6.45, 7) is 1.89. The summed E-state index contributed by atoms with van der Waals surface area (Å²) < 4.78 is 1.70. The van der Waals surface area contributed by atoms with Crippen LogP contribution in [0.3, 0.4) is 0 Å². The topological polar surface area (TPSA) is 38.1 Å². The summed E-state index contributed by atoms with van der Waals surface area (Å²) >= 11 is 0. The van der Waals surface area contributed by atoms with Gasteiger partial charge in [-0.1, -0.05) is 18.2 Å². The van der Waals surface area contributed by atoms with Gasteiger partial charge in [-0.2, -0.15) is 5.10 Å². The van der Waals surface area contributed by atoms with Gasteiger partial charge in [0.2, 0.25) is 0 Å². The van der Waals surface area contributed by atoms with Crippen molar-refractivity contribution in [2.75, 3.05) is 19.0 Å². The minimum Gasteiger partial charge on any atom is -0.378 e. The molecule has 0 fully saturated rings. The van der Waals surface area contributed by atoms with Crippen molar-refractivity contribution in [1.82, 2.24) is 9.78 Å². The standard InChI is InChI=1S/C16H19N3O/c1-12-15(11-17-19(12)4)16(20)10-7-13-5-8-14(9-6-13)18(2)3/h5-11H,1-4H3/b10-7+. The van der Waals surface area contributed by atoms with Crippen LogP contribution >= 0.6 is 0 Å². The van der Waals surface area contributed by atoms with Crippen molar-refractivity contribution in [3.8, 4) is 0 Å². The molecule has 20 heavy (non-hydrogen) atoms. The molecule has 4 heteroatoms. The number of benzene rings is 1. The lowest BCUT2D eigenvalue weighted by atomic mass is 10.1. The van der Waals surface area contributed by atoms with Crippen LogP contribution in [0.2, 0.25) is 0 Å². The number of aromatic nitrogens is 2. The summed E-state index contributed by atoms with van der Waals surface area (Å²) in [6, 6.07) is 8.05. The number of hydrogen-bond donors (Lipinski definition) is 0. The Hall–Kier alpha value is -2.36. The molecule has 4 nitrogen and oxygen atoms in total. The van der Waals surface area contributed by atoms with Gasteiger partial charge in [0, 0.05) is 32.5 Å². The van der Waals surface area contributed by atoms with Crippen molar-refractivity contribution >= 4 is 17.5 Å². The second kappa shape index (κ2) is 5.74. The molecule has 1 aromatic heterocycles. The predicted molar refractivity (Wildman–Crippen MR) is 82.1 cm³/mol. The van der Waals surface area contributed by atoms with E-state index in [9.17, 15) is 4.79 Å². The molecule has 0 radical (unpaired) electrons. The molecule has 0 aliphatic rings. The molecule has 0 aliphatic carbocycles. The number of aryl methyl sites for hydroxylation is 1. The van der Waals surface area contributed by atoms with Crippen LogP contribution in [-0.4, -0.2) is 29.7 Å². The fourth-order valence-corrected chi connectivity index (χ4v) is 1.89. The number of carbonyl (C=O) groups excluding carboxylic acids is 1. The van der Waals surface area contributed by atoms with Crippen molar-refractivity contribution in [2.24, 2.45) is 7.05 Å². The van der Waals surface area contributed by atoms with Gasteiger partial charge in [0.25, 0.3) is 0 Å². The lowest BCUT2D eigenvalue weighted by Gasteiger charge is -2.11. The highest BCUT2D eigenvalue weighted by Crippen LogP contribution is 2.14. The molecule has 0 spiro atoms. The van der Waals surface area contributed by atoms with E-state index in [4.69, 9.17) is 0 Å². The predicted octanol–water partition coefficient (Wildman–Crippen LogP) is 2.69. The monoisotopic (exact) mass is 269 g/mol. The molecular weight excluding hydrogens is 250 g/mol. The van der Waals surface area contributed by atoms with Gasteiger partial charge in [0.15, 0.2) is 5.78 Å². The summed E-state index contributed by atoms with van der Waals surface area (Å²) in [6.07, 6.45) is 5.03. The normalized spacial score (nSPS) is 11.0. The van der Waals surface area contributed by atoms with E-state index >= 15 is 0 Å². The first-order chi connectivity index (χ1) is 9.49. The molecule has 0 saturated carbocycles. The Morgan fingerprint density at radius 1 is 1.25 bits per heavy atom. The Kier molecular flexibility index (Phi) is 4.03. The number of anilines is 1. The third-order valence-electron chi connectivity index (χ3n) is 3.34. The molecule has 2 aromatic rings. The van der Waals surface area contributed by atoms with E-state index in [0.717, 1.165) is 16.9 Å². The minimum atomic E-state index is -0.0210. The largest absolute Gasteiger partial charge is 0.378 e. The zero-order valence-electron chi connectivity index (χ0n) is 12.3. The molecular formula is C16H19N3O. The average Bonchev–Trinajstić information content (AvgIpc) is 2.77. The smallest absolute Gasteiger partial charge is 0.189 e. The highest BCUT2D eigenvalue weighted by Gasteiger charge is 2.09. The van der Waals surface area contributed by atoms with Crippen LogP contribution in [0.15, 0.2) is 36.5 Å². The number of rotatable bonds is 4. The highest BCUT2D eigenvalue weighted by molar-refractivity contribution is 6.07. The molecule has 1 aromatic carbocycles. The van der Waals surface area contributed by atoms with Crippen LogP contribution in [0, 0.1) is 6.92 Å². The van der Waals surface area contributed by atoms with Crippen LogP contribution in [0.25, 0.3) is 6.08 Å². The van der Waals surface area contributed by atoms with Crippen LogP contribution in [0.5, 0.6) is 0 Å². The summed E-state index contributed by atoms with van der Waals surface area (Å²) in [5, 5.41) is 4.08. The molecule has 0 bridgehead atoms. The molecule has 1 heterocycles. The second-order valence-electron chi connectivity index (χ2n) is 4.95. The maximum absolute atomic E-state index is 12.1. The fraction of sp³-hybridized carbons (Fsp3) is 0.250. The number of allylic oxidation sites excluding steroid dienone is 1. The lowest BCUT2D eigenvalue weighted by Crippen LogP contribution is -2.07. The van der Waals surface area contributed by atoms with Gasteiger partial charge < -0.3 is 4.90 Å². The third-order valence-corrected chi connectivity index (χ3v) is 3.34. The molecule has 0 atom stereocenters. The zero-order chi connectivity index (χ0) is 14.7. The number of nitrogens with zero attached hydrogens (tertiary/aromatic N) is 3. The van der Waals surface area contributed by atoms with Gasteiger partial charge in [0.05, 0.1) is 11.8 Å². The number of ketones is 1. The van der Waals surface area contributed by atoms with Crippen LogP contribution in [0.1, 0.15) is 21.6 Å². The first-order valence-electron chi connectivity index (χ1n) is 6.47. The van der Waals surface area contributed by atoms with E-state index in [2.05, 4.69) is 5.10 Å². The average molecular weight is 269 g/mol. The summed E-state index contributed by atoms with van der Waals surface area (Å²) in [5.74, 6) is -0.0210.